The quantitative estimate of drug-likeness (QED) is 0.657. The maximum Gasteiger partial charge on any atom is 0.00899 e. The van der Waals surface area contributed by atoms with E-state index in [1.165, 1.54) is 32.4 Å². The van der Waals surface area contributed by atoms with Crippen molar-refractivity contribution in [2.24, 2.45) is 0 Å². The average molecular weight is 241 g/mol. The molecular formula is C14H27NS. The minimum absolute atomic E-state index is 1.23. The lowest BCUT2D eigenvalue weighted by atomic mass is 10.1. The molecule has 0 amide bonds. The number of aryl methyl sites for hydroxylation is 1. The minimum Gasteiger partial charge on any atom is -0.306 e. The van der Waals surface area contributed by atoms with Crippen molar-refractivity contribution in [1.29, 1.82) is 0 Å². The third-order valence-corrected chi connectivity index (χ3v) is 3.57. The van der Waals surface area contributed by atoms with Crippen LogP contribution in [-0.4, -0.2) is 25.0 Å². The highest BCUT2D eigenvalue weighted by Gasteiger charge is 2.09. The molecule has 0 aliphatic carbocycles. The standard InChI is InChI=1S/C10H15NS.2C2H6/c1-11-6-2-3-9-5-8-12-10(9)4-7-11;2*1-2/h5,8H,2-4,6-7H2,1H3;2*1-2H3. The smallest absolute Gasteiger partial charge is 0.00899 e. The summed E-state index contributed by atoms with van der Waals surface area (Å²) in [5.74, 6) is 0. The van der Waals surface area contributed by atoms with Gasteiger partial charge in [0, 0.05) is 11.4 Å². The first-order valence-electron chi connectivity index (χ1n) is 6.60. The first-order valence-corrected chi connectivity index (χ1v) is 7.48. The second-order valence-electron chi connectivity index (χ2n) is 3.53. The third-order valence-electron chi connectivity index (χ3n) is 2.54. The number of thiophene rings is 1. The van der Waals surface area contributed by atoms with Crippen LogP contribution in [0.25, 0.3) is 0 Å². The van der Waals surface area contributed by atoms with E-state index < -0.39 is 0 Å². The van der Waals surface area contributed by atoms with E-state index in [0.29, 0.717) is 0 Å². The summed E-state index contributed by atoms with van der Waals surface area (Å²) in [5, 5.41) is 2.23. The van der Waals surface area contributed by atoms with Gasteiger partial charge in [0.1, 0.15) is 0 Å². The molecule has 1 aliphatic heterocycles. The van der Waals surface area contributed by atoms with Crippen LogP contribution < -0.4 is 0 Å². The summed E-state index contributed by atoms with van der Waals surface area (Å²) < 4.78 is 0. The van der Waals surface area contributed by atoms with Crippen molar-refractivity contribution in [2.45, 2.75) is 47.0 Å². The molecule has 2 rings (SSSR count). The second-order valence-corrected chi connectivity index (χ2v) is 4.53. The Labute approximate surface area is 105 Å². The van der Waals surface area contributed by atoms with E-state index in [1.54, 1.807) is 10.4 Å². The molecular weight excluding hydrogens is 214 g/mol. The van der Waals surface area contributed by atoms with Gasteiger partial charge in [-0.25, -0.2) is 0 Å². The van der Waals surface area contributed by atoms with E-state index in [1.807, 2.05) is 39.0 Å². The van der Waals surface area contributed by atoms with Crippen LogP contribution in [0, 0.1) is 0 Å². The van der Waals surface area contributed by atoms with Crippen molar-refractivity contribution in [2.75, 3.05) is 20.1 Å². The molecule has 0 saturated heterocycles. The topological polar surface area (TPSA) is 3.24 Å². The zero-order valence-electron chi connectivity index (χ0n) is 11.5. The van der Waals surface area contributed by atoms with E-state index in [2.05, 4.69) is 23.4 Å². The van der Waals surface area contributed by atoms with E-state index in [4.69, 9.17) is 0 Å². The van der Waals surface area contributed by atoms with Gasteiger partial charge in [0.15, 0.2) is 0 Å². The van der Waals surface area contributed by atoms with E-state index in [0.717, 1.165) is 0 Å². The summed E-state index contributed by atoms with van der Waals surface area (Å²) in [6.45, 7) is 10.5. The van der Waals surface area contributed by atoms with Gasteiger partial charge in [-0.3, -0.25) is 0 Å². The molecule has 16 heavy (non-hydrogen) atoms. The van der Waals surface area contributed by atoms with Gasteiger partial charge in [-0.05, 0) is 49.9 Å². The van der Waals surface area contributed by atoms with E-state index >= 15 is 0 Å². The molecule has 0 radical (unpaired) electrons. The number of nitrogens with zero attached hydrogens (tertiary/aromatic N) is 1. The highest BCUT2D eigenvalue weighted by molar-refractivity contribution is 7.10. The van der Waals surface area contributed by atoms with Crippen molar-refractivity contribution in [1.82, 2.24) is 4.90 Å². The molecule has 1 aromatic rings. The van der Waals surface area contributed by atoms with Gasteiger partial charge in [-0.1, -0.05) is 27.7 Å². The van der Waals surface area contributed by atoms with Crippen LogP contribution in [-0.2, 0) is 12.8 Å². The zero-order chi connectivity index (χ0) is 12.4. The fourth-order valence-electron chi connectivity index (χ4n) is 1.75. The Bertz CT molecular complexity index is 255. The fourth-order valence-corrected chi connectivity index (χ4v) is 2.68. The molecule has 94 valence electrons. The van der Waals surface area contributed by atoms with Crippen LogP contribution in [0.2, 0.25) is 0 Å². The minimum atomic E-state index is 1.23. The summed E-state index contributed by atoms with van der Waals surface area (Å²) >= 11 is 1.92. The van der Waals surface area contributed by atoms with Crippen molar-refractivity contribution < 1.29 is 0 Å². The largest absolute Gasteiger partial charge is 0.306 e. The summed E-state index contributed by atoms with van der Waals surface area (Å²) in [4.78, 5) is 4.05. The highest BCUT2D eigenvalue weighted by atomic mass is 32.1. The molecule has 0 unspecified atom stereocenters. The maximum atomic E-state index is 2.43. The van der Waals surface area contributed by atoms with Crippen LogP contribution >= 0.6 is 11.3 Å². The van der Waals surface area contributed by atoms with Gasteiger partial charge in [0.2, 0.25) is 0 Å². The predicted octanol–water partition coefficient (Wildman–Crippen LogP) is 4.22. The van der Waals surface area contributed by atoms with E-state index in [-0.39, 0.29) is 0 Å². The maximum absolute atomic E-state index is 2.43. The summed E-state index contributed by atoms with van der Waals surface area (Å²) in [7, 11) is 2.22. The highest BCUT2D eigenvalue weighted by Crippen LogP contribution is 2.20. The number of rotatable bonds is 0. The number of hydrogen-bond donors (Lipinski definition) is 0. The van der Waals surface area contributed by atoms with Gasteiger partial charge in [0.25, 0.3) is 0 Å². The molecule has 0 atom stereocenters. The molecule has 0 bridgehead atoms. The monoisotopic (exact) mass is 241 g/mol. The number of likely N-dealkylation sites (N-methyl/N-ethyl adjacent to an activating group) is 1. The van der Waals surface area contributed by atoms with Gasteiger partial charge < -0.3 is 4.90 Å². The lowest BCUT2D eigenvalue weighted by Gasteiger charge is -2.19. The van der Waals surface area contributed by atoms with Crippen LogP contribution in [0.4, 0.5) is 0 Å². The van der Waals surface area contributed by atoms with Crippen molar-refractivity contribution >= 4 is 11.3 Å². The van der Waals surface area contributed by atoms with Crippen LogP contribution in [0.5, 0.6) is 0 Å². The Balaban J connectivity index is 0.000000509. The van der Waals surface area contributed by atoms with E-state index in [9.17, 15) is 0 Å². The van der Waals surface area contributed by atoms with Gasteiger partial charge in [-0.15, -0.1) is 11.3 Å². The third kappa shape index (κ3) is 5.13. The normalized spacial score (nSPS) is 15.6. The van der Waals surface area contributed by atoms with Crippen molar-refractivity contribution in [3.63, 3.8) is 0 Å². The van der Waals surface area contributed by atoms with Crippen LogP contribution in [0.15, 0.2) is 11.4 Å². The van der Waals surface area contributed by atoms with Gasteiger partial charge >= 0.3 is 0 Å². The molecule has 2 heteroatoms. The summed E-state index contributed by atoms with van der Waals surface area (Å²) in [5.41, 5.74) is 1.60. The van der Waals surface area contributed by atoms with Crippen LogP contribution in [0.1, 0.15) is 44.6 Å². The Morgan fingerprint density at radius 2 is 1.75 bits per heavy atom. The molecule has 0 fully saturated rings. The Kier molecular flexibility index (Phi) is 9.65. The van der Waals surface area contributed by atoms with Gasteiger partial charge in [-0.2, -0.15) is 0 Å². The first-order chi connectivity index (χ1) is 7.86. The number of fused-ring (bicyclic) bond motifs is 1. The lowest BCUT2D eigenvalue weighted by Crippen LogP contribution is -2.24. The lowest BCUT2D eigenvalue weighted by molar-refractivity contribution is 0.329. The predicted molar refractivity (Wildman–Crippen MR) is 76.5 cm³/mol. The fraction of sp³-hybridized carbons (Fsp3) is 0.714. The van der Waals surface area contributed by atoms with Gasteiger partial charge in [0.05, 0.1) is 0 Å². The SMILES string of the molecule is CC.CC.CN1CCCc2ccsc2CC1. The molecule has 0 saturated carbocycles. The molecule has 1 aromatic heterocycles. The van der Waals surface area contributed by atoms with Crippen molar-refractivity contribution in [3.05, 3.63) is 21.9 Å². The molecule has 1 nitrogen and oxygen atoms in total. The molecule has 0 aromatic carbocycles. The summed E-state index contributed by atoms with van der Waals surface area (Å²) in [6.07, 6.45) is 3.85. The van der Waals surface area contributed by atoms with Crippen molar-refractivity contribution in [3.8, 4) is 0 Å². The summed E-state index contributed by atoms with van der Waals surface area (Å²) in [6, 6.07) is 2.30. The average Bonchev–Trinajstić information content (AvgIpc) is 2.76. The molecule has 0 spiro atoms. The Morgan fingerprint density at radius 1 is 1.06 bits per heavy atom. The first kappa shape index (κ1) is 15.7. The Hall–Kier alpha value is -0.340. The molecule has 0 N–H and O–H groups in total. The zero-order valence-corrected chi connectivity index (χ0v) is 12.4. The second kappa shape index (κ2) is 9.86. The molecule has 1 aliphatic rings. The Morgan fingerprint density at radius 3 is 2.44 bits per heavy atom. The van der Waals surface area contributed by atoms with Crippen LogP contribution in [0.3, 0.4) is 0 Å². The number of hydrogen-bond acceptors (Lipinski definition) is 2. The molecule has 2 heterocycles.